The number of benzene rings is 1. The maximum atomic E-state index is 11.4. The third kappa shape index (κ3) is 7.42. The highest BCUT2D eigenvalue weighted by Crippen LogP contribution is 2.63. The second-order valence-electron chi connectivity index (χ2n) is 6.81. The van der Waals surface area contributed by atoms with Gasteiger partial charge in [-0.3, -0.25) is 0 Å². The maximum Gasteiger partial charge on any atom is 0.261 e. The van der Waals surface area contributed by atoms with Gasteiger partial charge in [-0.1, -0.05) is 52.2 Å². The molecule has 1 aromatic carbocycles. The molecule has 0 saturated carbocycles. The second-order valence-corrected chi connectivity index (χ2v) is 13.7. The first-order valence-electron chi connectivity index (χ1n) is 9.25. The number of rotatable bonds is 12. The topological polar surface area (TPSA) is 34.1 Å². The highest BCUT2D eigenvalue weighted by atomic mass is 35.7. The minimum absolute atomic E-state index is 0.201. The highest BCUT2D eigenvalue weighted by molar-refractivity contribution is 8.13. The van der Waals surface area contributed by atoms with Crippen LogP contribution >= 0.6 is 17.9 Å². The van der Waals surface area contributed by atoms with Crippen LogP contribution in [-0.2, 0) is 15.2 Å². The normalized spacial score (nSPS) is 12.5. The Morgan fingerprint density at radius 3 is 1.58 bits per heavy atom. The van der Waals surface area contributed by atoms with Crippen molar-refractivity contribution in [2.24, 2.45) is 0 Å². The van der Waals surface area contributed by atoms with Crippen molar-refractivity contribution in [1.29, 1.82) is 0 Å². The molecule has 0 aliphatic carbocycles. The Bertz CT molecular complexity index is 548. The van der Waals surface area contributed by atoms with E-state index in [9.17, 15) is 8.42 Å². The lowest BCUT2D eigenvalue weighted by Crippen LogP contribution is -2.11. The monoisotopic (exact) mass is 391 g/mol. The summed E-state index contributed by atoms with van der Waals surface area (Å²) in [5, 5.41) is 0. The third-order valence-electron chi connectivity index (χ3n) is 4.68. The van der Waals surface area contributed by atoms with Crippen LogP contribution in [0.15, 0.2) is 29.2 Å². The van der Waals surface area contributed by atoms with Crippen molar-refractivity contribution < 1.29 is 8.42 Å². The average Bonchev–Trinajstić information content (AvgIpc) is 2.56. The Kier molecular flexibility index (Phi) is 9.86. The second kappa shape index (κ2) is 10.8. The molecule has 0 N–H and O–H groups in total. The summed E-state index contributed by atoms with van der Waals surface area (Å²) in [5.41, 5.74) is 1.27. The predicted octanol–water partition coefficient (Wildman–Crippen LogP) is 6.53. The van der Waals surface area contributed by atoms with E-state index in [1.807, 2.05) is 12.1 Å². The number of hydrogen-bond donors (Lipinski definition) is 0. The predicted molar refractivity (Wildman–Crippen MR) is 109 cm³/mol. The molecule has 0 unspecified atom stereocenters. The van der Waals surface area contributed by atoms with Gasteiger partial charge in [0.15, 0.2) is 0 Å². The molecule has 138 valence electrons. The molecule has 0 saturated heterocycles. The zero-order valence-electron chi connectivity index (χ0n) is 15.4. The Hall–Kier alpha value is -0.110. The minimum atomic E-state index is -3.62. The molecular weight excluding hydrogens is 359 g/mol. The van der Waals surface area contributed by atoms with Crippen LogP contribution in [0.4, 0.5) is 0 Å². The van der Waals surface area contributed by atoms with Crippen molar-refractivity contribution in [3.8, 4) is 0 Å². The maximum absolute atomic E-state index is 11.4. The van der Waals surface area contributed by atoms with E-state index in [1.165, 1.54) is 62.6 Å². The molecule has 24 heavy (non-hydrogen) atoms. The molecule has 0 heterocycles. The van der Waals surface area contributed by atoms with Gasteiger partial charge in [0.05, 0.1) is 29.5 Å². The van der Waals surface area contributed by atoms with Gasteiger partial charge in [-0.05, 0) is 37.0 Å². The molecule has 1 rings (SSSR count). The molecule has 0 spiro atoms. The molecular formula is C19H33ClO2PS+. The number of unbranched alkanes of at least 4 members (excludes halogenated alkanes) is 3. The van der Waals surface area contributed by atoms with E-state index in [2.05, 4.69) is 20.8 Å². The zero-order chi connectivity index (χ0) is 18.1. The summed E-state index contributed by atoms with van der Waals surface area (Å²) >= 11 is 0. The Balaban J connectivity index is 2.99. The van der Waals surface area contributed by atoms with Crippen LogP contribution in [0.25, 0.3) is 0 Å². The highest BCUT2D eigenvalue weighted by Gasteiger charge is 2.35. The van der Waals surface area contributed by atoms with Crippen molar-refractivity contribution in [3.63, 3.8) is 0 Å². The van der Waals surface area contributed by atoms with Crippen molar-refractivity contribution in [2.45, 2.75) is 70.4 Å². The van der Waals surface area contributed by atoms with Gasteiger partial charge in [-0.25, -0.2) is 8.42 Å². The minimum Gasteiger partial charge on any atom is -0.207 e. The summed E-state index contributed by atoms with van der Waals surface area (Å²) < 4.78 is 22.9. The molecule has 5 heteroatoms. The van der Waals surface area contributed by atoms with Gasteiger partial charge in [0.25, 0.3) is 9.05 Å². The lowest BCUT2D eigenvalue weighted by atomic mass is 10.2. The molecule has 0 aliphatic rings. The van der Waals surface area contributed by atoms with Gasteiger partial charge in [-0.2, -0.15) is 0 Å². The molecule has 1 aromatic rings. The summed E-state index contributed by atoms with van der Waals surface area (Å²) in [6.07, 6.45) is 13.0. The Morgan fingerprint density at radius 1 is 0.833 bits per heavy atom. The van der Waals surface area contributed by atoms with Gasteiger partial charge in [0.2, 0.25) is 0 Å². The summed E-state index contributed by atoms with van der Waals surface area (Å²) in [6, 6.07) is 7.25. The van der Waals surface area contributed by atoms with Gasteiger partial charge in [-0.15, -0.1) is 0 Å². The largest absolute Gasteiger partial charge is 0.261 e. The lowest BCUT2D eigenvalue weighted by Gasteiger charge is -2.28. The summed E-state index contributed by atoms with van der Waals surface area (Å²) in [4.78, 5) is 0.201. The van der Waals surface area contributed by atoms with E-state index in [-0.39, 0.29) is 4.90 Å². The van der Waals surface area contributed by atoms with Crippen molar-refractivity contribution in [2.75, 3.05) is 18.5 Å². The molecule has 0 bridgehead atoms. The van der Waals surface area contributed by atoms with E-state index in [0.29, 0.717) is 0 Å². The first-order valence-corrected chi connectivity index (χ1v) is 14.1. The van der Waals surface area contributed by atoms with E-state index in [1.54, 1.807) is 12.1 Å². The lowest BCUT2D eigenvalue weighted by molar-refractivity contribution is 0.609. The summed E-state index contributed by atoms with van der Waals surface area (Å²) in [5.74, 6) is 0. The van der Waals surface area contributed by atoms with Crippen molar-refractivity contribution >= 4 is 27.0 Å². The Morgan fingerprint density at radius 2 is 1.25 bits per heavy atom. The molecule has 2 nitrogen and oxygen atoms in total. The first kappa shape index (κ1) is 21.9. The average molecular weight is 392 g/mol. The quantitative estimate of drug-likeness (QED) is 0.299. The van der Waals surface area contributed by atoms with E-state index in [0.717, 1.165) is 6.16 Å². The van der Waals surface area contributed by atoms with Crippen LogP contribution in [0, 0.1) is 0 Å². The fourth-order valence-corrected chi connectivity index (χ4v) is 9.06. The van der Waals surface area contributed by atoms with Gasteiger partial charge >= 0.3 is 0 Å². The van der Waals surface area contributed by atoms with Crippen LogP contribution < -0.4 is 0 Å². The van der Waals surface area contributed by atoms with E-state index >= 15 is 0 Å². The molecule has 0 atom stereocenters. The van der Waals surface area contributed by atoms with Crippen LogP contribution in [0.3, 0.4) is 0 Å². The van der Waals surface area contributed by atoms with Gasteiger partial charge in [0.1, 0.15) is 0 Å². The van der Waals surface area contributed by atoms with Crippen LogP contribution in [0.2, 0.25) is 0 Å². The zero-order valence-corrected chi connectivity index (χ0v) is 17.9. The fraction of sp³-hybridized carbons (Fsp3) is 0.684. The van der Waals surface area contributed by atoms with Crippen molar-refractivity contribution in [1.82, 2.24) is 0 Å². The standard InChI is InChI=1S/C19H33ClO2PS/c1-4-7-14-23(15-8-5-2,16-9-6-3)17-18-10-12-19(13-11-18)24(20,21)22/h10-13H,4-9,14-17H2,1-3H3/q+1. The Labute approximate surface area is 154 Å². The fourth-order valence-electron chi connectivity index (χ4n) is 3.20. The van der Waals surface area contributed by atoms with Crippen LogP contribution in [0.5, 0.6) is 0 Å². The smallest absolute Gasteiger partial charge is 0.207 e. The molecule has 0 aromatic heterocycles. The first-order chi connectivity index (χ1) is 11.4. The summed E-state index contributed by atoms with van der Waals surface area (Å²) in [7, 11) is 0.798. The van der Waals surface area contributed by atoms with E-state index < -0.39 is 16.3 Å². The molecule has 0 fully saturated rings. The van der Waals surface area contributed by atoms with Gasteiger partial charge < -0.3 is 0 Å². The summed E-state index contributed by atoms with van der Waals surface area (Å²) in [6.45, 7) is 6.82. The van der Waals surface area contributed by atoms with Crippen molar-refractivity contribution in [3.05, 3.63) is 29.8 Å². The van der Waals surface area contributed by atoms with Crippen LogP contribution in [-0.4, -0.2) is 26.9 Å². The third-order valence-corrected chi connectivity index (χ3v) is 10.9. The van der Waals surface area contributed by atoms with E-state index in [4.69, 9.17) is 10.7 Å². The SMILES string of the molecule is CCCC[P+](CCCC)(CCCC)Cc1ccc(S(=O)(=O)Cl)cc1. The molecule has 0 amide bonds. The number of hydrogen-bond acceptors (Lipinski definition) is 2. The van der Waals surface area contributed by atoms with Crippen LogP contribution in [0.1, 0.15) is 64.9 Å². The van der Waals surface area contributed by atoms with Gasteiger partial charge in [0, 0.05) is 17.9 Å². The molecule has 0 radical (unpaired) electrons. The number of halogens is 1. The molecule has 0 aliphatic heterocycles.